The first-order valence-electron chi connectivity index (χ1n) is 7.47. The van der Waals surface area contributed by atoms with Gasteiger partial charge in [0.2, 0.25) is 0 Å². The summed E-state index contributed by atoms with van der Waals surface area (Å²) in [5, 5.41) is 8.77. The molecule has 2 amide bonds. The lowest BCUT2D eigenvalue weighted by molar-refractivity contribution is 0.0956. The van der Waals surface area contributed by atoms with Gasteiger partial charge in [-0.2, -0.15) is 0 Å². The summed E-state index contributed by atoms with van der Waals surface area (Å²) >= 11 is 16.9. The minimum Gasteiger partial charge on any atom is -0.349 e. The van der Waals surface area contributed by atoms with Gasteiger partial charge in [0.05, 0.1) is 11.3 Å². The maximum absolute atomic E-state index is 12.3. The van der Waals surface area contributed by atoms with Crippen LogP contribution in [0.3, 0.4) is 0 Å². The highest BCUT2D eigenvalue weighted by Crippen LogP contribution is 2.19. The molecule has 0 radical (unpaired) electrons. The highest BCUT2D eigenvalue weighted by molar-refractivity contribution is 7.80. The van der Waals surface area contributed by atoms with E-state index in [1.807, 2.05) is 0 Å². The second kappa shape index (κ2) is 9.33. The largest absolute Gasteiger partial charge is 0.349 e. The summed E-state index contributed by atoms with van der Waals surface area (Å²) in [5.74, 6) is -0.760. The van der Waals surface area contributed by atoms with Gasteiger partial charge in [-0.05, 0) is 42.5 Å². The summed E-state index contributed by atoms with van der Waals surface area (Å²) < 4.78 is 0. The van der Waals surface area contributed by atoms with Gasteiger partial charge in [0.15, 0.2) is 5.11 Å². The Kier molecular flexibility index (Phi) is 7.15. The van der Waals surface area contributed by atoms with E-state index in [-0.39, 0.29) is 16.6 Å². The van der Waals surface area contributed by atoms with Crippen molar-refractivity contribution in [2.24, 2.45) is 0 Å². The fourth-order valence-electron chi connectivity index (χ4n) is 2.06. The summed E-state index contributed by atoms with van der Waals surface area (Å²) in [7, 11) is 0. The molecule has 0 aliphatic rings. The van der Waals surface area contributed by atoms with E-state index >= 15 is 0 Å². The predicted molar refractivity (Wildman–Crippen MR) is 109 cm³/mol. The number of carbonyl (C=O) groups excluding carboxylic acids is 2. The SMILES string of the molecule is C=CCNC(=O)c1ccccc1NC(=S)NC(=O)c1cc(Cl)cc(Cl)c1. The number of benzene rings is 2. The van der Waals surface area contributed by atoms with Crippen LogP contribution in [-0.4, -0.2) is 23.5 Å². The van der Waals surface area contributed by atoms with Crippen LogP contribution in [0.15, 0.2) is 55.1 Å². The van der Waals surface area contributed by atoms with Gasteiger partial charge >= 0.3 is 0 Å². The summed E-state index contributed by atoms with van der Waals surface area (Å²) in [6.07, 6.45) is 1.58. The van der Waals surface area contributed by atoms with Crippen LogP contribution in [0.25, 0.3) is 0 Å². The van der Waals surface area contributed by atoms with Gasteiger partial charge in [0, 0.05) is 22.2 Å². The minimum absolute atomic E-state index is 0.0371. The first kappa shape index (κ1) is 19.9. The molecule has 0 heterocycles. The van der Waals surface area contributed by atoms with Crippen LogP contribution in [0.4, 0.5) is 5.69 Å². The molecule has 0 unspecified atom stereocenters. The Labute approximate surface area is 166 Å². The van der Waals surface area contributed by atoms with Gasteiger partial charge in [-0.15, -0.1) is 6.58 Å². The molecule has 0 aliphatic carbocycles. The van der Waals surface area contributed by atoms with Crippen LogP contribution in [0.5, 0.6) is 0 Å². The standard InChI is InChI=1S/C18H15Cl2N3O2S/c1-2-7-21-17(25)14-5-3-4-6-15(14)22-18(26)23-16(24)11-8-12(19)10-13(20)9-11/h2-6,8-10H,1,7H2,(H,21,25)(H2,22,23,24,26). The Morgan fingerprint density at radius 2 is 1.73 bits per heavy atom. The summed E-state index contributed by atoms with van der Waals surface area (Å²) in [6.45, 7) is 3.89. The van der Waals surface area contributed by atoms with E-state index in [0.29, 0.717) is 27.8 Å². The monoisotopic (exact) mass is 407 g/mol. The van der Waals surface area contributed by atoms with Crippen LogP contribution in [0, 0.1) is 0 Å². The quantitative estimate of drug-likeness (QED) is 0.516. The predicted octanol–water partition coefficient (Wildman–Crippen LogP) is 4.04. The fourth-order valence-corrected chi connectivity index (χ4v) is 2.79. The summed E-state index contributed by atoms with van der Waals surface area (Å²) in [5.41, 5.74) is 1.11. The molecule has 3 N–H and O–H groups in total. The molecule has 0 bridgehead atoms. The van der Waals surface area contributed by atoms with Crippen LogP contribution in [0.1, 0.15) is 20.7 Å². The van der Waals surface area contributed by atoms with Crippen molar-refractivity contribution in [3.8, 4) is 0 Å². The van der Waals surface area contributed by atoms with Crippen molar-refractivity contribution >= 4 is 58.0 Å². The van der Waals surface area contributed by atoms with Crippen molar-refractivity contribution in [3.63, 3.8) is 0 Å². The molecule has 8 heteroatoms. The molecule has 2 aromatic carbocycles. The van der Waals surface area contributed by atoms with Gasteiger partial charge in [-0.1, -0.05) is 41.4 Å². The second-order valence-corrected chi connectivity index (χ2v) is 6.39. The third-order valence-electron chi connectivity index (χ3n) is 3.18. The number of hydrogen-bond acceptors (Lipinski definition) is 3. The van der Waals surface area contributed by atoms with E-state index in [9.17, 15) is 9.59 Å². The van der Waals surface area contributed by atoms with Crippen molar-refractivity contribution in [2.45, 2.75) is 0 Å². The Morgan fingerprint density at radius 1 is 1.08 bits per heavy atom. The second-order valence-electron chi connectivity index (χ2n) is 5.11. The Bertz CT molecular complexity index is 851. The molecule has 0 saturated carbocycles. The lowest BCUT2D eigenvalue weighted by Gasteiger charge is -2.13. The normalized spacial score (nSPS) is 9.92. The number of carbonyl (C=O) groups is 2. The zero-order valence-electron chi connectivity index (χ0n) is 13.5. The van der Waals surface area contributed by atoms with E-state index in [2.05, 4.69) is 22.5 Å². The number of hydrogen-bond donors (Lipinski definition) is 3. The zero-order valence-corrected chi connectivity index (χ0v) is 15.8. The van der Waals surface area contributed by atoms with Gasteiger partial charge in [-0.3, -0.25) is 14.9 Å². The fraction of sp³-hybridized carbons (Fsp3) is 0.0556. The van der Waals surface area contributed by atoms with Crippen molar-refractivity contribution in [3.05, 3.63) is 76.3 Å². The molecule has 0 atom stereocenters. The van der Waals surface area contributed by atoms with E-state index in [4.69, 9.17) is 35.4 Å². The van der Waals surface area contributed by atoms with Crippen molar-refractivity contribution < 1.29 is 9.59 Å². The highest BCUT2D eigenvalue weighted by Gasteiger charge is 2.13. The van der Waals surface area contributed by atoms with Crippen molar-refractivity contribution in [1.29, 1.82) is 0 Å². The maximum Gasteiger partial charge on any atom is 0.257 e. The summed E-state index contributed by atoms with van der Waals surface area (Å²) in [4.78, 5) is 24.4. The van der Waals surface area contributed by atoms with Crippen molar-refractivity contribution in [1.82, 2.24) is 10.6 Å². The zero-order chi connectivity index (χ0) is 19.1. The molecule has 0 saturated heterocycles. The lowest BCUT2D eigenvalue weighted by atomic mass is 10.1. The molecule has 0 aliphatic heterocycles. The third kappa shape index (κ3) is 5.56. The minimum atomic E-state index is -0.472. The first-order valence-corrected chi connectivity index (χ1v) is 8.63. The first-order chi connectivity index (χ1) is 12.4. The molecule has 0 fully saturated rings. The Hall–Kier alpha value is -2.41. The average molecular weight is 408 g/mol. The number of amides is 2. The van der Waals surface area contributed by atoms with Crippen molar-refractivity contribution in [2.75, 3.05) is 11.9 Å². The average Bonchev–Trinajstić information content (AvgIpc) is 2.59. The van der Waals surface area contributed by atoms with E-state index < -0.39 is 5.91 Å². The third-order valence-corrected chi connectivity index (χ3v) is 3.82. The van der Waals surface area contributed by atoms with Crippen LogP contribution in [-0.2, 0) is 0 Å². The lowest BCUT2D eigenvalue weighted by Crippen LogP contribution is -2.35. The highest BCUT2D eigenvalue weighted by atomic mass is 35.5. The van der Waals surface area contributed by atoms with Gasteiger partial charge in [0.1, 0.15) is 0 Å². The molecule has 0 spiro atoms. The molecular formula is C18H15Cl2N3O2S. The van der Waals surface area contributed by atoms with Crippen LogP contribution in [0.2, 0.25) is 10.0 Å². The Balaban J connectivity index is 2.09. The number of thiocarbonyl (C=S) groups is 1. The number of para-hydroxylation sites is 1. The van der Waals surface area contributed by atoms with Crippen LogP contribution >= 0.6 is 35.4 Å². The summed E-state index contributed by atoms with van der Waals surface area (Å²) in [6, 6.07) is 11.3. The number of halogens is 2. The molecule has 2 aromatic rings. The molecule has 26 heavy (non-hydrogen) atoms. The maximum atomic E-state index is 12.3. The van der Waals surface area contributed by atoms with Gasteiger partial charge in [-0.25, -0.2) is 0 Å². The van der Waals surface area contributed by atoms with E-state index in [0.717, 1.165) is 0 Å². The molecule has 134 valence electrons. The van der Waals surface area contributed by atoms with Gasteiger partial charge < -0.3 is 10.6 Å². The molecular weight excluding hydrogens is 393 g/mol. The Morgan fingerprint density at radius 3 is 2.38 bits per heavy atom. The molecule has 2 rings (SSSR count). The number of nitrogens with one attached hydrogen (secondary N) is 3. The number of rotatable bonds is 5. The number of anilines is 1. The van der Waals surface area contributed by atoms with Gasteiger partial charge in [0.25, 0.3) is 11.8 Å². The molecule has 5 nitrogen and oxygen atoms in total. The van der Waals surface area contributed by atoms with Crippen LogP contribution < -0.4 is 16.0 Å². The molecule has 0 aromatic heterocycles. The van der Waals surface area contributed by atoms with E-state index in [1.54, 1.807) is 30.3 Å². The van der Waals surface area contributed by atoms with E-state index in [1.165, 1.54) is 18.2 Å². The topological polar surface area (TPSA) is 70.2 Å². The smallest absolute Gasteiger partial charge is 0.257 e.